The van der Waals surface area contributed by atoms with Gasteiger partial charge in [0, 0.05) is 13.2 Å². The molecule has 1 unspecified atom stereocenters. The lowest BCUT2D eigenvalue weighted by molar-refractivity contribution is 0.162. The lowest BCUT2D eigenvalue weighted by Crippen LogP contribution is -1.99. The fraction of sp³-hybridized carbons (Fsp3) is 0.684. The monoisotopic (exact) mass is 374 g/mol. The third kappa shape index (κ3) is 16.4. The number of unbranched alkanes of at least 4 members (excludes halogenated alkanes) is 6. The summed E-state index contributed by atoms with van der Waals surface area (Å²) in [6.07, 6.45) is 7.99. The molecule has 0 spiro atoms. The minimum Gasteiger partial charge on any atom is -0.404 e. The average molecular weight is 374 g/mol. The Bertz CT molecular complexity index is 437. The molecule has 5 nitrogen and oxygen atoms in total. The highest BCUT2D eigenvalue weighted by Gasteiger charge is 2.22. The number of para-hydroxylation sites is 1. The topological polar surface area (TPSA) is 65.0 Å². The molecule has 1 aromatic carbocycles. The Hall–Kier alpha value is -0.870. The van der Waals surface area contributed by atoms with Crippen LogP contribution in [-0.2, 0) is 13.8 Å². The standard InChI is InChI=1S/C15H25O4P.C4H10O/c1-2-3-4-5-6-7-11-14-18-20(16,17)19-15-12-9-8-10-13-15;1-3-5-4-2/h8-10,12-13H,2-7,11,14H2,1H3,(H,16,17);3-4H2,1-2H3. The molecule has 0 aliphatic carbocycles. The molecule has 1 atom stereocenters. The lowest BCUT2D eigenvalue weighted by atomic mass is 10.1. The summed E-state index contributed by atoms with van der Waals surface area (Å²) >= 11 is 0. The highest BCUT2D eigenvalue weighted by molar-refractivity contribution is 7.47. The van der Waals surface area contributed by atoms with Crippen molar-refractivity contribution >= 4 is 7.82 Å². The number of phosphoric ester groups is 1. The van der Waals surface area contributed by atoms with Gasteiger partial charge in [-0.15, -0.1) is 0 Å². The van der Waals surface area contributed by atoms with Crippen molar-refractivity contribution in [3.8, 4) is 5.75 Å². The van der Waals surface area contributed by atoms with Gasteiger partial charge in [-0.1, -0.05) is 63.6 Å². The first-order chi connectivity index (χ1) is 12.1. The molecule has 0 radical (unpaired) electrons. The summed E-state index contributed by atoms with van der Waals surface area (Å²) in [6, 6.07) is 8.55. The molecule has 0 saturated heterocycles. The minimum absolute atomic E-state index is 0.258. The predicted molar refractivity (Wildman–Crippen MR) is 103 cm³/mol. The Labute approximate surface area is 153 Å². The average Bonchev–Trinajstić information content (AvgIpc) is 2.59. The largest absolute Gasteiger partial charge is 0.527 e. The molecule has 0 saturated carbocycles. The SMILES string of the molecule is CCCCCCCCCOP(=O)(O)Oc1ccccc1.CCOCC. The third-order valence-corrected chi connectivity index (χ3v) is 4.32. The van der Waals surface area contributed by atoms with Gasteiger partial charge < -0.3 is 9.26 Å². The molecule has 0 aromatic heterocycles. The molecule has 1 aromatic rings. The molecule has 0 bridgehead atoms. The Balaban J connectivity index is 0.00000101. The first-order valence-corrected chi connectivity index (χ1v) is 10.8. The van der Waals surface area contributed by atoms with E-state index in [1.165, 1.54) is 25.7 Å². The maximum atomic E-state index is 11.7. The van der Waals surface area contributed by atoms with Crippen LogP contribution in [0, 0.1) is 0 Å². The van der Waals surface area contributed by atoms with Crippen LogP contribution >= 0.6 is 7.82 Å². The van der Waals surface area contributed by atoms with Crippen molar-refractivity contribution in [2.45, 2.75) is 65.7 Å². The molecule has 0 heterocycles. The van der Waals surface area contributed by atoms with Gasteiger partial charge in [0.25, 0.3) is 0 Å². The van der Waals surface area contributed by atoms with Crippen molar-refractivity contribution < 1.29 is 23.2 Å². The van der Waals surface area contributed by atoms with E-state index in [9.17, 15) is 9.46 Å². The predicted octanol–water partition coefficient (Wildman–Crippen LogP) is 5.98. The van der Waals surface area contributed by atoms with Crippen LogP contribution in [0.5, 0.6) is 5.75 Å². The van der Waals surface area contributed by atoms with Crippen molar-refractivity contribution in [2.24, 2.45) is 0 Å². The molecule has 0 amide bonds. The van der Waals surface area contributed by atoms with Crippen LogP contribution in [0.4, 0.5) is 0 Å². The van der Waals surface area contributed by atoms with Gasteiger partial charge in [0.15, 0.2) is 0 Å². The summed E-state index contributed by atoms with van der Waals surface area (Å²) in [5, 5.41) is 0. The Morgan fingerprint density at radius 1 is 0.880 bits per heavy atom. The molecule has 0 fully saturated rings. The molecular formula is C19H35O5P. The zero-order valence-corrected chi connectivity index (χ0v) is 16.9. The van der Waals surface area contributed by atoms with Crippen LogP contribution in [-0.4, -0.2) is 24.7 Å². The van der Waals surface area contributed by atoms with Gasteiger partial charge in [0.1, 0.15) is 5.75 Å². The van der Waals surface area contributed by atoms with E-state index in [4.69, 9.17) is 13.8 Å². The maximum absolute atomic E-state index is 11.7. The van der Waals surface area contributed by atoms with E-state index in [0.717, 1.165) is 32.5 Å². The molecule has 25 heavy (non-hydrogen) atoms. The van der Waals surface area contributed by atoms with Crippen molar-refractivity contribution in [3.05, 3.63) is 30.3 Å². The number of hydrogen-bond acceptors (Lipinski definition) is 4. The van der Waals surface area contributed by atoms with E-state index in [0.29, 0.717) is 5.75 Å². The van der Waals surface area contributed by atoms with Crippen molar-refractivity contribution in [3.63, 3.8) is 0 Å². The highest BCUT2D eigenvalue weighted by Crippen LogP contribution is 2.43. The van der Waals surface area contributed by atoms with Gasteiger partial charge in [-0.3, -0.25) is 9.42 Å². The van der Waals surface area contributed by atoms with Crippen molar-refractivity contribution in [1.82, 2.24) is 0 Å². The van der Waals surface area contributed by atoms with Crippen LogP contribution in [0.25, 0.3) is 0 Å². The lowest BCUT2D eigenvalue weighted by Gasteiger charge is -2.12. The van der Waals surface area contributed by atoms with Crippen LogP contribution in [0.15, 0.2) is 30.3 Å². The quantitative estimate of drug-likeness (QED) is 0.340. The second-order valence-electron chi connectivity index (χ2n) is 5.61. The number of hydrogen-bond donors (Lipinski definition) is 1. The summed E-state index contributed by atoms with van der Waals surface area (Å²) in [6.45, 7) is 8.12. The molecule has 0 aliphatic heterocycles. The fourth-order valence-electron chi connectivity index (χ4n) is 2.08. The zero-order chi connectivity index (χ0) is 18.8. The van der Waals surface area contributed by atoms with E-state index in [-0.39, 0.29) is 6.61 Å². The summed E-state index contributed by atoms with van der Waals surface area (Å²) in [7, 11) is -3.98. The minimum atomic E-state index is -3.98. The van der Waals surface area contributed by atoms with Crippen molar-refractivity contribution in [1.29, 1.82) is 0 Å². The maximum Gasteiger partial charge on any atom is 0.527 e. The molecule has 0 aliphatic rings. The smallest absolute Gasteiger partial charge is 0.404 e. The fourth-order valence-corrected chi connectivity index (χ4v) is 2.88. The first-order valence-electron chi connectivity index (χ1n) is 9.35. The van der Waals surface area contributed by atoms with Gasteiger partial charge in [-0.25, -0.2) is 4.57 Å². The van der Waals surface area contributed by atoms with Gasteiger partial charge in [0.05, 0.1) is 6.61 Å². The molecule has 1 N–H and O–H groups in total. The number of phosphoric acid groups is 1. The zero-order valence-electron chi connectivity index (χ0n) is 16.0. The molecule has 146 valence electrons. The summed E-state index contributed by atoms with van der Waals surface area (Å²) in [4.78, 5) is 9.55. The van der Waals surface area contributed by atoms with Gasteiger partial charge in [0.2, 0.25) is 0 Å². The Morgan fingerprint density at radius 3 is 1.96 bits per heavy atom. The number of ether oxygens (including phenoxy) is 1. The molecule has 6 heteroatoms. The van der Waals surface area contributed by atoms with Gasteiger partial charge in [-0.2, -0.15) is 0 Å². The highest BCUT2D eigenvalue weighted by atomic mass is 31.2. The van der Waals surface area contributed by atoms with E-state index in [2.05, 4.69) is 6.92 Å². The van der Waals surface area contributed by atoms with Gasteiger partial charge >= 0.3 is 7.82 Å². The van der Waals surface area contributed by atoms with Crippen LogP contribution in [0.1, 0.15) is 65.7 Å². The summed E-state index contributed by atoms with van der Waals surface area (Å²) < 4.78 is 26.4. The molecule has 1 rings (SSSR count). The second-order valence-corrected chi connectivity index (χ2v) is 6.99. The Morgan fingerprint density at radius 2 is 1.44 bits per heavy atom. The Kier molecular flexibility index (Phi) is 16.0. The number of rotatable bonds is 13. The van der Waals surface area contributed by atoms with Crippen molar-refractivity contribution in [2.75, 3.05) is 19.8 Å². The summed E-state index contributed by atoms with van der Waals surface area (Å²) in [5.41, 5.74) is 0. The third-order valence-electron chi connectivity index (χ3n) is 3.37. The molecular weight excluding hydrogens is 339 g/mol. The summed E-state index contributed by atoms with van der Waals surface area (Å²) in [5.74, 6) is 0.345. The van der Waals surface area contributed by atoms with E-state index in [1.807, 2.05) is 19.9 Å². The van der Waals surface area contributed by atoms with E-state index >= 15 is 0 Å². The second kappa shape index (κ2) is 16.6. The van der Waals surface area contributed by atoms with Gasteiger partial charge in [-0.05, 0) is 32.4 Å². The number of benzene rings is 1. The van der Waals surface area contributed by atoms with E-state index < -0.39 is 7.82 Å². The van der Waals surface area contributed by atoms with Crippen LogP contribution in [0.2, 0.25) is 0 Å². The van der Waals surface area contributed by atoms with E-state index in [1.54, 1.807) is 24.3 Å². The normalized spacial score (nSPS) is 12.8. The van der Waals surface area contributed by atoms with Crippen LogP contribution < -0.4 is 4.52 Å². The van der Waals surface area contributed by atoms with Crippen LogP contribution in [0.3, 0.4) is 0 Å². The first kappa shape index (κ1) is 24.1.